The van der Waals surface area contributed by atoms with Gasteiger partial charge in [-0.25, -0.2) is 0 Å². The second kappa shape index (κ2) is 4.29. The Morgan fingerprint density at radius 3 is 2.87 bits per heavy atom. The predicted molar refractivity (Wildman–Crippen MR) is 57.4 cm³/mol. The van der Waals surface area contributed by atoms with Crippen molar-refractivity contribution in [2.24, 2.45) is 0 Å². The van der Waals surface area contributed by atoms with Gasteiger partial charge in [-0.15, -0.1) is 0 Å². The van der Waals surface area contributed by atoms with Crippen molar-refractivity contribution in [3.63, 3.8) is 0 Å². The van der Waals surface area contributed by atoms with E-state index in [4.69, 9.17) is 4.84 Å². The van der Waals surface area contributed by atoms with Gasteiger partial charge in [-0.2, -0.15) is 4.84 Å². The van der Waals surface area contributed by atoms with Crippen molar-refractivity contribution < 1.29 is 30.0 Å². The van der Waals surface area contributed by atoms with Gasteiger partial charge in [0.05, 0.1) is 10.3 Å². The van der Waals surface area contributed by atoms with Crippen LogP contribution in [0.4, 0.5) is 0 Å². The first-order chi connectivity index (χ1) is 6.49. The summed E-state index contributed by atoms with van der Waals surface area (Å²) in [5.41, 5.74) is 0.901. The van der Waals surface area contributed by atoms with Crippen LogP contribution in [0.3, 0.4) is 0 Å². The second-order valence-electron chi connectivity index (χ2n) is 4.11. The molecule has 0 N–H and O–H groups in total. The Kier molecular flexibility index (Phi) is 3.65. The number of hydrogen-bond acceptors (Lipinski definition) is 2. The van der Waals surface area contributed by atoms with Gasteiger partial charge < -0.3 is 1.43 Å². The van der Waals surface area contributed by atoms with Crippen molar-refractivity contribution in [1.29, 1.82) is 0 Å². The molecule has 0 radical (unpaired) electrons. The fraction of sp³-hybridized carbons (Fsp3) is 0.400. The number of halogens is 1. The summed E-state index contributed by atoms with van der Waals surface area (Å²) in [4.78, 5) is 16.9. The molecule has 0 aliphatic carbocycles. The topological polar surface area (TPSA) is 29.3 Å². The zero-order chi connectivity index (χ0) is 10.3. The first-order valence-electron chi connectivity index (χ1n) is 4.42. The summed E-state index contributed by atoms with van der Waals surface area (Å²) in [5.74, 6) is 0.652. The van der Waals surface area contributed by atoms with Crippen LogP contribution in [0.5, 0.6) is 5.75 Å². The number of hydrogen-bond donors (Lipinski definition) is 0. The van der Waals surface area contributed by atoms with E-state index in [1.807, 2.05) is 32.0 Å². The summed E-state index contributed by atoms with van der Waals surface area (Å²) in [7, 11) is 0. The van der Waals surface area contributed by atoms with Gasteiger partial charge >= 0.3 is 18.9 Å². The molecule has 0 unspecified atom stereocenters. The number of rotatable bonds is 0. The molecule has 0 aromatic heterocycles. The van der Waals surface area contributed by atoms with Gasteiger partial charge in [-0.1, -0.05) is 15.9 Å². The van der Waals surface area contributed by atoms with Crippen molar-refractivity contribution in [3.05, 3.63) is 33.1 Å². The first kappa shape index (κ1) is 12.8. The van der Waals surface area contributed by atoms with Crippen LogP contribution in [-0.2, 0) is 5.41 Å². The zero-order valence-electron chi connectivity index (χ0n) is 10.1. The first-order valence-corrected chi connectivity index (χ1v) is 5.21. The number of benzene rings is 1. The molecule has 2 rings (SSSR count). The average molecular weight is 265 g/mol. The van der Waals surface area contributed by atoms with Crippen LogP contribution in [0.2, 0.25) is 0 Å². The smallest absolute Gasteiger partial charge is 1.00 e. The maximum Gasteiger partial charge on any atom is 1.00 e. The van der Waals surface area contributed by atoms with Crippen LogP contribution in [-0.4, -0.2) is 11.5 Å². The molecule has 0 spiro atoms. The van der Waals surface area contributed by atoms with Gasteiger partial charge in [0.25, 0.3) is 6.54 Å². The fourth-order valence-electron chi connectivity index (χ4n) is 1.66. The quantitative estimate of drug-likeness (QED) is 0.614. The molecule has 0 atom stereocenters. The molecule has 1 aromatic rings. The third-order valence-electron chi connectivity index (χ3n) is 2.40. The van der Waals surface area contributed by atoms with Crippen molar-refractivity contribution in [1.82, 2.24) is 0 Å². The fourth-order valence-corrected chi connectivity index (χ4v) is 2.02. The molecule has 1 aliphatic heterocycles. The van der Waals surface area contributed by atoms with E-state index in [0.717, 1.165) is 10.0 Å². The van der Waals surface area contributed by atoms with Gasteiger partial charge in [0.1, 0.15) is 0 Å². The van der Waals surface area contributed by atoms with Gasteiger partial charge in [-0.3, -0.25) is 0 Å². The standard InChI is InChI=1S/C10H11BrNO2.Li.H/c1-10(2)6-12(13)14-9-4-3-7(11)5-8(9)10;;/h3-5H,6H2,1-2H3;;/q2*+1;-1. The van der Waals surface area contributed by atoms with Gasteiger partial charge in [0, 0.05) is 10.0 Å². The van der Waals surface area contributed by atoms with Crippen LogP contribution in [0, 0.1) is 4.91 Å². The van der Waals surface area contributed by atoms with E-state index in [1.165, 1.54) is 0 Å². The van der Waals surface area contributed by atoms with Gasteiger partial charge in [0.15, 0.2) is 0 Å². The summed E-state index contributed by atoms with van der Waals surface area (Å²) < 4.78 is 1.01. The molecule has 1 heterocycles. The summed E-state index contributed by atoms with van der Waals surface area (Å²) in [6, 6.07) is 5.68. The Bertz CT molecular complexity index is 412. The molecule has 0 fully saturated rings. The molecule has 1 aliphatic rings. The zero-order valence-corrected chi connectivity index (χ0v) is 10.7. The van der Waals surface area contributed by atoms with Crippen LogP contribution in [0.1, 0.15) is 20.8 Å². The number of nitrogens with zero attached hydrogens (tertiary/aromatic N) is 1. The maximum atomic E-state index is 11.2. The minimum atomic E-state index is -0.168. The molecule has 76 valence electrons. The third kappa shape index (κ3) is 2.44. The van der Waals surface area contributed by atoms with E-state index < -0.39 is 0 Å². The molecule has 0 saturated heterocycles. The van der Waals surface area contributed by atoms with E-state index in [9.17, 15) is 4.91 Å². The summed E-state index contributed by atoms with van der Waals surface area (Å²) in [5, 5.41) is 0. The Morgan fingerprint density at radius 2 is 2.20 bits per heavy atom. The SMILES string of the molecule is CC1(C)C[N+](=O)Oc2ccc(Br)cc21.[H-].[Li+]. The summed E-state index contributed by atoms with van der Waals surface area (Å²) in [6.07, 6.45) is 0. The van der Waals surface area contributed by atoms with Crippen molar-refractivity contribution >= 4 is 15.9 Å². The van der Waals surface area contributed by atoms with Crippen molar-refractivity contribution in [2.45, 2.75) is 19.3 Å². The predicted octanol–water partition coefficient (Wildman–Crippen LogP) is -0.0705. The van der Waals surface area contributed by atoms with Crippen molar-refractivity contribution in [3.8, 4) is 5.75 Å². The molecule has 0 saturated carbocycles. The average Bonchev–Trinajstić information content (AvgIpc) is 2.05. The van der Waals surface area contributed by atoms with E-state index in [2.05, 4.69) is 15.9 Å². The molecular formula is C10H12BrLiNO2+. The molecule has 15 heavy (non-hydrogen) atoms. The van der Waals surface area contributed by atoms with E-state index in [-0.39, 0.29) is 25.7 Å². The maximum absolute atomic E-state index is 11.2. The molecule has 0 amide bonds. The van der Waals surface area contributed by atoms with E-state index >= 15 is 0 Å². The molecule has 5 heteroatoms. The number of fused-ring (bicyclic) bond motifs is 1. The van der Waals surface area contributed by atoms with Crippen LogP contribution in [0.15, 0.2) is 22.7 Å². The second-order valence-corrected chi connectivity index (χ2v) is 5.02. The van der Waals surface area contributed by atoms with Crippen LogP contribution in [0.25, 0.3) is 0 Å². The summed E-state index contributed by atoms with van der Waals surface area (Å²) in [6.45, 7) is 4.42. The van der Waals surface area contributed by atoms with Crippen LogP contribution < -0.4 is 23.7 Å². The van der Waals surface area contributed by atoms with E-state index in [1.54, 1.807) is 0 Å². The Morgan fingerprint density at radius 1 is 1.53 bits per heavy atom. The normalized spacial score (nSPS) is 17.4. The van der Waals surface area contributed by atoms with Gasteiger partial charge in [0.2, 0.25) is 10.7 Å². The minimum absolute atomic E-state index is 0. The minimum Gasteiger partial charge on any atom is -1.00 e. The van der Waals surface area contributed by atoms with Gasteiger partial charge in [-0.05, 0) is 32.0 Å². The monoisotopic (exact) mass is 264 g/mol. The Balaban J connectivity index is 0.00000112. The van der Waals surface area contributed by atoms with E-state index in [0.29, 0.717) is 17.2 Å². The summed E-state index contributed by atoms with van der Waals surface area (Å²) >= 11 is 3.41. The Hall–Kier alpha value is -0.303. The third-order valence-corrected chi connectivity index (χ3v) is 2.89. The molecule has 0 bridgehead atoms. The molecule has 1 aromatic carbocycles. The Labute approximate surface area is 111 Å². The van der Waals surface area contributed by atoms with Crippen LogP contribution >= 0.6 is 15.9 Å². The molecule has 3 nitrogen and oxygen atoms in total. The largest absolute Gasteiger partial charge is 1.00 e. The van der Waals surface area contributed by atoms with Crippen molar-refractivity contribution in [2.75, 3.05) is 6.54 Å². The molecular weight excluding hydrogens is 253 g/mol.